The fraction of sp³-hybridized carbons (Fsp3) is 0.545. The smallest absolute Gasteiger partial charge is 0.253 e. The number of hydrogen-bond acceptors (Lipinski definition) is 7. The minimum Gasteiger partial charge on any atom is -0.368 e. The summed E-state index contributed by atoms with van der Waals surface area (Å²) in [6.45, 7) is 2.40. The molecule has 2 aromatic rings. The normalized spacial score (nSPS) is 17.1. The molecule has 96 valence electrons. The zero-order valence-electron chi connectivity index (χ0n) is 9.83. The van der Waals surface area contributed by atoms with Crippen molar-refractivity contribution in [2.45, 2.75) is 25.6 Å². The molecular weight excluding hydrogens is 252 g/mol. The minimum absolute atomic E-state index is 0.292. The summed E-state index contributed by atoms with van der Waals surface area (Å²) in [6, 6.07) is 0. The number of thiazole rings is 1. The first-order valence-electron chi connectivity index (χ1n) is 5.95. The van der Waals surface area contributed by atoms with E-state index in [4.69, 9.17) is 9.26 Å². The summed E-state index contributed by atoms with van der Waals surface area (Å²) < 4.78 is 10.9. The second-order valence-corrected chi connectivity index (χ2v) is 4.86. The third-order valence-electron chi connectivity index (χ3n) is 2.86. The van der Waals surface area contributed by atoms with Gasteiger partial charge in [-0.2, -0.15) is 4.98 Å². The Balaban J connectivity index is 1.57. The fourth-order valence-corrected chi connectivity index (χ4v) is 2.42. The Kier molecular flexibility index (Phi) is 3.63. The van der Waals surface area contributed by atoms with Crippen LogP contribution >= 0.6 is 11.3 Å². The van der Waals surface area contributed by atoms with Crippen LogP contribution in [0.3, 0.4) is 0 Å². The van der Waals surface area contributed by atoms with Gasteiger partial charge in [0.1, 0.15) is 12.3 Å². The van der Waals surface area contributed by atoms with Crippen molar-refractivity contribution in [1.82, 2.24) is 20.4 Å². The maximum atomic E-state index is 5.75. The van der Waals surface area contributed by atoms with Crippen LogP contribution in [-0.4, -0.2) is 34.3 Å². The van der Waals surface area contributed by atoms with E-state index in [1.54, 1.807) is 5.51 Å². The number of nitrogens with zero attached hydrogens (tertiary/aromatic N) is 3. The lowest BCUT2D eigenvalue weighted by Gasteiger charge is -2.21. The van der Waals surface area contributed by atoms with Crippen LogP contribution in [0.5, 0.6) is 0 Å². The van der Waals surface area contributed by atoms with Crippen molar-refractivity contribution in [2.75, 3.05) is 13.1 Å². The molecule has 0 bridgehead atoms. The van der Waals surface area contributed by atoms with Gasteiger partial charge in [0.2, 0.25) is 5.82 Å². The second kappa shape index (κ2) is 5.55. The van der Waals surface area contributed by atoms with Crippen LogP contribution in [0, 0.1) is 0 Å². The van der Waals surface area contributed by atoms with Gasteiger partial charge in [-0.25, -0.2) is 4.98 Å². The Morgan fingerprint density at radius 2 is 2.33 bits per heavy atom. The lowest BCUT2D eigenvalue weighted by Crippen LogP contribution is -2.32. The van der Waals surface area contributed by atoms with Gasteiger partial charge in [0.25, 0.3) is 5.89 Å². The third kappa shape index (κ3) is 2.74. The molecule has 0 aromatic carbocycles. The van der Waals surface area contributed by atoms with Gasteiger partial charge in [-0.05, 0) is 25.9 Å². The van der Waals surface area contributed by atoms with Crippen molar-refractivity contribution in [2.24, 2.45) is 0 Å². The molecule has 0 atom stereocenters. The summed E-state index contributed by atoms with van der Waals surface area (Å²) >= 11 is 1.51. The molecule has 0 amide bonds. The Morgan fingerprint density at radius 1 is 1.44 bits per heavy atom. The Hall–Kier alpha value is -1.31. The summed E-state index contributed by atoms with van der Waals surface area (Å²) in [5.74, 6) is 1.04. The average molecular weight is 266 g/mol. The van der Waals surface area contributed by atoms with Crippen LogP contribution in [0.15, 0.2) is 15.4 Å². The van der Waals surface area contributed by atoms with Crippen molar-refractivity contribution in [3.05, 3.63) is 16.8 Å². The van der Waals surface area contributed by atoms with Gasteiger partial charge >= 0.3 is 0 Å². The highest BCUT2D eigenvalue weighted by Crippen LogP contribution is 2.16. The molecule has 0 aliphatic carbocycles. The monoisotopic (exact) mass is 266 g/mol. The Bertz CT molecular complexity index is 479. The van der Waals surface area contributed by atoms with E-state index in [1.165, 1.54) is 11.3 Å². The molecule has 0 radical (unpaired) electrons. The van der Waals surface area contributed by atoms with Gasteiger partial charge < -0.3 is 14.6 Å². The van der Waals surface area contributed by atoms with E-state index in [0.29, 0.717) is 24.4 Å². The molecule has 3 heterocycles. The summed E-state index contributed by atoms with van der Waals surface area (Å²) in [5, 5.41) is 9.08. The lowest BCUT2D eigenvalue weighted by atomic mass is 10.1. The maximum absolute atomic E-state index is 5.75. The van der Waals surface area contributed by atoms with Crippen LogP contribution in [0.1, 0.15) is 18.7 Å². The Morgan fingerprint density at radius 3 is 3.11 bits per heavy atom. The largest absolute Gasteiger partial charge is 0.368 e. The van der Waals surface area contributed by atoms with E-state index in [-0.39, 0.29) is 0 Å². The first-order valence-corrected chi connectivity index (χ1v) is 6.89. The van der Waals surface area contributed by atoms with E-state index in [9.17, 15) is 0 Å². The maximum Gasteiger partial charge on any atom is 0.253 e. The summed E-state index contributed by atoms with van der Waals surface area (Å²) in [7, 11) is 0. The highest BCUT2D eigenvalue weighted by atomic mass is 32.1. The fourth-order valence-electron chi connectivity index (χ4n) is 1.89. The van der Waals surface area contributed by atoms with Crippen molar-refractivity contribution >= 4 is 11.3 Å². The zero-order chi connectivity index (χ0) is 12.2. The van der Waals surface area contributed by atoms with Crippen LogP contribution < -0.4 is 5.32 Å². The van der Waals surface area contributed by atoms with E-state index < -0.39 is 0 Å². The molecule has 2 aromatic heterocycles. The average Bonchev–Trinajstić information content (AvgIpc) is 3.08. The SMILES string of the molecule is c1nc(-c2noc(COC3CCNCC3)n2)cs1. The number of hydrogen-bond donors (Lipinski definition) is 1. The first-order chi connectivity index (χ1) is 8.92. The first kappa shape index (κ1) is 11.8. The van der Waals surface area contributed by atoms with Crippen molar-refractivity contribution in [3.63, 3.8) is 0 Å². The lowest BCUT2D eigenvalue weighted by molar-refractivity contribution is 0.00859. The predicted molar refractivity (Wildman–Crippen MR) is 66.1 cm³/mol. The molecular formula is C11H14N4O2S. The topological polar surface area (TPSA) is 73.1 Å². The standard InChI is InChI=1S/C11H14N4O2S/c1-3-12-4-2-8(1)16-5-10-14-11(15-17-10)9-6-18-7-13-9/h6-8,12H,1-5H2. The molecule has 3 rings (SSSR count). The summed E-state index contributed by atoms with van der Waals surface area (Å²) in [4.78, 5) is 8.40. The summed E-state index contributed by atoms with van der Waals surface area (Å²) in [6.07, 6.45) is 2.36. The molecule has 6 nitrogen and oxygen atoms in total. The number of nitrogens with one attached hydrogen (secondary N) is 1. The highest BCUT2D eigenvalue weighted by molar-refractivity contribution is 7.07. The highest BCUT2D eigenvalue weighted by Gasteiger charge is 2.16. The molecule has 18 heavy (non-hydrogen) atoms. The predicted octanol–water partition coefficient (Wildman–Crippen LogP) is 1.46. The molecule has 7 heteroatoms. The van der Waals surface area contributed by atoms with E-state index >= 15 is 0 Å². The molecule has 1 aliphatic heterocycles. The molecule has 0 unspecified atom stereocenters. The number of ether oxygens (including phenoxy) is 1. The van der Waals surface area contributed by atoms with Gasteiger partial charge in [0, 0.05) is 5.38 Å². The van der Waals surface area contributed by atoms with Gasteiger partial charge in [0.15, 0.2) is 0 Å². The second-order valence-electron chi connectivity index (χ2n) is 4.15. The van der Waals surface area contributed by atoms with Crippen LogP contribution in [-0.2, 0) is 11.3 Å². The van der Waals surface area contributed by atoms with Gasteiger partial charge in [-0.15, -0.1) is 11.3 Å². The number of rotatable bonds is 4. The molecule has 1 fully saturated rings. The quantitative estimate of drug-likeness (QED) is 0.903. The van der Waals surface area contributed by atoms with E-state index in [1.807, 2.05) is 5.38 Å². The number of piperidine rings is 1. The van der Waals surface area contributed by atoms with Gasteiger partial charge in [-0.3, -0.25) is 0 Å². The van der Waals surface area contributed by atoms with Crippen molar-refractivity contribution in [1.29, 1.82) is 0 Å². The third-order valence-corrected chi connectivity index (χ3v) is 3.44. The van der Waals surface area contributed by atoms with Gasteiger partial charge in [-0.1, -0.05) is 5.16 Å². The molecule has 0 saturated carbocycles. The van der Waals surface area contributed by atoms with Crippen molar-refractivity contribution in [3.8, 4) is 11.5 Å². The molecule has 1 saturated heterocycles. The summed E-state index contributed by atoms with van der Waals surface area (Å²) in [5.41, 5.74) is 2.49. The Labute approximate surface area is 108 Å². The number of aromatic nitrogens is 3. The van der Waals surface area contributed by atoms with E-state index in [0.717, 1.165) is 31.6 Å². The van der Waals surface area contributed by atoms with Crippen molar-refractivity contribution < 1.29 is 9.26 Å². The molecule has 1 aliphatic rings. The minimum atomic E-state index is 0.292. The molecule has 0 spiro atoms. The molecule has 1 N–H and O–H groups in total. The van der Waals surface area contributed by atoms with Crippen LogP contribution in [0.4, 0.5) is 0 Å². The van der Waals surface area contributed by atoms with Gasteiger partial charge in [0.05, 0.1) is 11.6 Å². The van der Waals surface area contributed by atoms with Crippen LogP contribution in [0.25, 0.3) is 11.5 Å². The van der Waals surface area contributed by atoms with Crippen LogP contribution in [0.2, 0.25) is 0 Å². The zero-order valence-corrected chi connectivity index (χ0v) is 10.7. The van der Waals surface area contributed by atoms with E-state index in [2.05, 4.69) is 20.4 Å².